The maximum atomic E-state index is 4.47. The van der Waals surface area contributed by atoms with E-state index in [2.05, 4.69) is 165 Å². The normalized spacial score (nSPS) is 11.3. The average molecular weight is 767 g/mol. The van der Waals surface area contributed by atoms with Gasteiger partial charge in [-0.3, -0.25) is 9.97 Å². The number of aromatic nitrogens is 6. The van der Waals surface area contributed by atoms with E-state index in [9.17, 15) is 0 Å². The summed E-state index contributed by atoms with van der Waals surface area (Å²) in [5.41, 5.74) is 7.63. The van der Waals surface area contributed by atoms with Crippen LogP contribution in [-0.2, 0) is 51.4 Å². The zero-order chi connectivity index (χ0) is 42.2. The van der Waals surface area contributed by atoms with Crippen molar-refractivity contribution in [2.45, 2.75) is 162 Å². The quantitative estimate of drug-likeness (QED) is 0.113. The van der Waals surface area contributed by atoms with Gasteiger partial charge in [0.2, 0.25) is 0 Å². The third-order valence-electron chi connectivity index (χ3n) is 8.28. The van der Waals surface area contributed by atoms with E-state index in [0.29, 0.717) is 47.3 Å². The van der Waals surface area contributed by atoms with Gasteiger partial charge in [0, 0.05) is 61.4 Å². The predicted octanol–water partition coefficient (Wildman–Crippen LogP) is 12.7. The highest BCUT2D eigenvalue weighted by atomic mass is 14.9. The van der Waals surface area contributed by atoms with Crippen LogP contribution in [0.15, 0.2) is 61.4 Å². The molecule has 6 heteroatoms. The Bertz CT molecular complexity index is 1160. The largest absolute Gasteiger partial charge is 0.261 e. The van der Waals surface area contributed by atoms with Crippen LogP contribution in [0.5, 0.6) is 0 Å². The number of hydrogen-bond acceptors (Lipinski definition) is 6. The molecule has 0 radical (unpaired) electrons. The highest BCUT2D eigenvalue weighted by Gasteiger charge is 2.05. The lowest BCUT2D eigenvalue weighted by Crippen LogP contribution is -2.02. The summed E-state index contributed by atoms with van der Waals surface area (Å²) in [5.74, 6) is 7.36. The third-order valence-corrected chi connectivity index (χ3v) is 8.28. The highest BCUT2D eigenvalue weighted by Crippen LogP contribution is 2.12. The van der Waals surface area contributed by atoms with Crippen molar-refractivity contribution in [1.82, 2.24) is 29.9 Å². The lowest BCUT2D eigenvalue weighted by molar-refractivity contribution is 0.612. The van der Waals surface area contributed by atoms with Gasteiger partial charge in [0.25, 0.3) is 0 Å². The van der Waals surface area contributed by atoms with Gasteiger partial charge in [-0.05, 0) is 120 Å². The van der Waals surface area contributed by atoms with E-state index >= 15 is 0 Å². The fourth-order valence-electron chi connectivity index (χ4n) is 6.03. The van der Waals surface area contributed by atoms with Gasteiger partial charge in [-0.1, -0.05) is 123 Å². The molecule has 0 amide bonds. The molecule has 4 heterocycles. The van der Waals surface area contributed by atoms with E-state index in [0.717, 1.165) is 63.0 Å². The van der Waals surface area contributed by atoms with Crippen molar-refractivity contribution in [3.8, 4) is 0 Å². The molecule has 0 bridgehead atoms. The molecule has 0 saturated heterocycles. The SMILES string of the molecule is CC(C)Cc1ccc(CC(C)C)nc1.CC(C)Cc1ccc(CC(C)C)nc1.CC(C)Cc1cnc(CC(C)C)nc1.CC(C)Cc1cnc(CC(C)C)nc1. The standard InChI is InChI=1S/2C13H21N.2C12H20N2/c2*1-10(2)7-12-5-6-13(14-9-12)8-11(3)4;2*1-9(2)5-11-7-13-12(14-8-11)6-10(3)4/h2*5-6,9-11H,7-8H2,1-4H3;2*7-10H,5-6H2,1-4H3. The topological polar surface area (TPSA) is 77.3 Å². The van der Waals surface area contributed by atoms with Gasteiger partial charge in [0.05, 0.1) is 0 Å². The minimum Gasteiger partial charge on any atom is -0.261 e. The zero-order valence-electron chi connectivity index (χ0n) is 38.7. The lowest BCUT2D eigenvalue weighted by Gasteiger charge is -2.07. The van der Waals surface area contributed by atoms with Crippen molar-refractivity contribution in [2.75, 3.05) is 0 Å². The second kappa shape index (κ2) is 28.0. The number of nitrogens with zero attached hydrogens (tertiary/aromatic N) is 6. The summed E-state index contributed by atoms with van der Waals surface area (Å²) in [5, 5.41) is 0. The molecule has 0 aliphatic heterocycles. The molecule has 0 aliphatic rings. The highest BCUT2D eigenvalue weighted by molar-refractivity contribution is 5.16. The minimum absolute atomic E-state index is 0.631. The maximum Gasteiger partial charge on any atom is 0.128 e. The summed E-state index contributed by atoms with van der Waals surface area (Å²) < 4.78 is 0. The first kappa shape index (κ1) is 50.5. The summed E-state index contributed by atoms with van der Waals surface area (Å²) in [6.07, 6.45) is 20.4. The molecular formula is C50H82N6. The molecule has 0 aromatic carbocycles. The summed E-state index contributed by atoms with van der Waals surface area (Å²) in [6, 6.07) is 8.75. The van der Waals surface area contributed by atoms with Crippen LogP contribution in [0.3, 0.4) is 0 Å². The van der Waals surface area contributed by atoms with Gasteiger partial charge in [0.15, 0.2) is 0 Å². The van der Waals surface area contributed by atoms with E-state index in [1.807, 2.05) is 37.2 Å². The molecular weight excluding hydrogens is 685 g/mol. The fourth-order valence-corrected chi connectivity index (χ4v) is 6.03. The van der Waals surface area contributed by atoms with Crippen LogP contribution in [-0.4, -0.2) is 29.9 Å². The van der Waals surface area contributed by atoms with Crippen LogP contribution in [0.1, 0.15) is 156 Å². The molecule has 4 aromatic rings. The summed E-state index contributed by atoms with van der Waals surface area (Å²) in [7, 11) is 0. The van der Waals surface area contributed by atoms with Gasteiger partial charge in [-0.25, -0.2) is 19.9 Å². The first-order chi connectivity index (χ1) is 26.3. The van der Waals surface area contributed by atoms with Gasteiger partial charge >= 0.3 is 0 Å². The number of rotatable bonds is 16. The molecule has 56 heavy (non-hydrogen) atoms. The second-order valence-corrected chi connectivity index (χ2v) is 19.1. The Hall–Kier alpha value is -3.54. The van der Waals surface area contributed by atoms with E-state index in [1.165, 1.54) is 33.6 Å². The van der Waals surface area contributed by atoms with Crippen molar-refractivity contribution < 1.29 is 0 Å². The molecule has 4 aromatic heterocycles. The Kier molecular flexibility index (Phi) is 25.2. The molecule has 0 saturated carbocycles. The molecule has 0 unspecified atom stereocenters. The molecule has 0 aliphatic carbocycles. The predicted molar refractivity (Wildman–Crippen MR) is 241 cm³/mol. The van der Waals surface area contributed by atoms with Gasteiger partial charge in [-0.2, -0.15) is 0 Å². The maximum absolute atomic E-state index is 4.47. The first-order valence-electron chi connectivity index (χ1n) is 21.8. The van der Waals surface area contributed by atoms with Crippen molar-refractivity contribution in [2.24, 2.45) is 47.3 Å². The van der Waals surface area contributed by atoms with E-state index < -0.39 is 0 Å². The lowest BCUT2D eigenvalue weighted by atomic mass is 10.0. The number of hydrogen-bond donors (Lipinski definition) is 0. The molecule has 0 N–H and O–H groups in total. The van der Waals surface area contributed by atoms with Crippen LogP contribution < -0.4 is 0 Å². The molecule has 4 rings (SSSR count). The smallest absolute Gasteiger partial charge is 0.128 e. The Balaban J connectivity index is 0.000000373. The van der Waals surface area contributed by atoms with E-state index in [-0.39, 0.29) is 0 Å². The Morgan fingerprint density at radius 2 is 0.500 bits per heavy atom. The zero-order valence-corrected chi connectivity index (χ0v) is 38.7. The Labute approximate surface area is 345 Å². The molecule has 0 fully saturated rings. The Morgan fingerprint density at radius 3 is 0.714 bits per heavy atom. The second-order valence-electron chi connectivity index (χ2n) is 19.1. The van der Waals surface area contributed by atoms with Crippen molar-refractivity contribution in [3.63, 3.8) is 0 Å². The third kappa shape index (κ3) is 26.3. The van der Waals surface area contributed by atoms with Crippen LogP contribution in [0.25, 0.3) is 0 Å². The number of pyridine rings is 2. The summed E-state index contributed by atoms with van der Waals surface area (Å²) in [4.78, 5) is 26.4. The molecule has 6 nitrogen and oxygen atoms in total. The fraction of sp³-hybridized carbons (Fsp3) is 0.640. The van der Waals surface area contributed by atoms with E-state index in [1.54, 1.807) is 0 Å². The van der Waals surface area contributed by atoms with Gasteiger partial charge < -0.3 is 0 Å². The minimum atomic E-state index is 0.631. The molecule has 0 spiro atoms. The molecule has 312 valence electrons. The van der Waals surface area contributed by atoms with Crippen molar-refractivity contribution in [3.05, 3.63) is 107 Å². The van der Waals surface area contributed by atoms with Gasteiger partial charge in [-0.15, -0.1) is 0 Å². The average Bonchev–Trinajstić information content (AvgIpc) is 3.07. The van der Waals surface area contributed by atoms with Crippen LogP contribution in [0.2, 0.25) is 0 Å². The monoisotopic (exact) mass is 767 g/mol. The van der Waals surface area contributed by atoms with Crippen LogP contribution >= 0.6 is 0 Å². The van der Waals surface area contributed by atoms with E-state index in [4.69, 9.17) is 0 Å². The Morgan fingerprint density at radius 1 is 0.268 bits per heavy atom. The van der Waals surface area contributed by atoms with Crippen LogP contribution in [0.4, 0.5) is 0 Å². The summed E-state index contributed by atoms with van der Waals surface area (Å²) in [6.45, 7) is 35.4. The van der Waals surface area contributed by atoms with Gasteiger partial charge in [0.1, 0.15) is 11.6 Å². The van der Waals surface area contributed by atoms with Crippen molar-refractivity contribution in [1.29, 1.82) is 0 Å². The molecule has 0 atom stereocenters. The first-order valence-corrected chi connectivity index (χ1v) is 21.8. The van der Waals surface area contributed by atoms with Crippen molar-refractivity contribution >= 4 is 0 Å². The summed E-state index contributed by atoms with van der Waals surface area (Å²) >= 11 is 0. The van der Waals surface area contributed by atoms with Crippen LogP contribution in [0, 0.1) is 47.3 Å².